The van der Waals surface area contributed by atoms with Gasteiger partial charge < -0.3 is 9.52 Å². The summed E-state index contributed by atoms with van der Waals surface area (Å²) in [6.07, 6.45) is 4.83. The minimum atomic E-state index is -3.85. The molecule has 1 unspecified atom stereocenters. The fourth-order valence-electron chi connectivity index (χ4n) is 5.44. The molecule has 1 aromatic heterocycles. The van der Waals surface area contributed by atoms with Crippen molar-refractivity contribution < 1.29 is 22.7 Å². The number of ketones is 1. The molecule has 0 saturated heterocycles. The molecular formula is C31H35NO6S. The lowest BCUT2D eigenvalue weighted by Crippen LogP contribution is -2.21. The van der Waals surface area contributed by atoms with E-state index >= 15 is 0 Å². The van der Waals surface area contributed by atoms with Gasteiger partial charge in [0.25, 0.3) is 10.0 Å². The molecule has 1 fully saturated rings. The number of anilines is 1. The summed E-state index contributed by atoms with van der Waals surface area (Å²) < 4.78 is 34.7. The summed E-state index contributed by atoms with van der Waals surface area (Å²) in [5.74, 6) is -0.659. The van der Waals surface area contributed by atoms with E-state index < -0.39 is 21.6 Å². The van der Waals surface area contributed by atoms with E-state index in [9.17, 15) is 23.1 Å². The van der Waals surface area contributed by atoms with Gasteiger partial charge in [0, 0.05) is 24.4 Å². The molecule has 1 heterocycles. The molecule has 0 radical (unpaired) electrons. The highest BCUT2D eigenvalue weighted by atomic mass is 32.2. The smallest absolute Gasteiger partial charge is 0.343 e. The number of hydrogen-bond acceptors (Lipinski definition) is 6. The van der Waals surface area contributed by atoms with Crippen LogP contribution in [0.3, 0.4) is 0 Å². The zero-order valence-corrected chi connectivity index (χ0v) is 23.4. The first-order valence-corrected chi connectivity index (χ1v) is 15.1. The Morgan fingerprint density at radius 1 is 0.974 bits per heavy atom. The average Bonchev–Trinajstić information content (AvgIpc) is 3.69. The van der Waals surface area contributed by atoms with E-state index in [2.05, 4.69) is 25.5 Å². The number of nitrogens with one attached hydrogen (secondary N) is 1. The Hall–Kier alpha value is -3.39. The van der Waals surface area contributed by atoms with Crippen LogP contribution < -0.4 is 10.3 Å². The lowest BCUT2D eigenvalue weighted by molar-refractivity contribution is 0.0968. The third-order valence-electron chi connectivity index (χ3n) is 7.73. The molecule has 0 spiro atoms. The third kappa shape index (κ3) is 5.66. The van der Waals surface area contributed by atoms with Crippen molar-refractivity contribution in [1.82, 2.24) is 0 Å². The molecule has 0 aliphatic heterocycles. The molecular weight excluding hydrogens is 514 g/mol. The Morgan fingerprint density at radius 2 is 1.67 bits per heavy atom. The molecule has 2 N–H and O–H groups in total. The van der Waals surface area contributed by atoms with E-state index in [1.807, 2.05) is 18.2 Å². The largest absolute Gasteiger partial charge is 0.506 e. The Labute approximate surface area is 229 Å². The summed E-state index contributed by atoms with van der Waals surface area (Å²) in [5, 5.41) is 11.3. The number of fused-ring (bicyclic) bond motifs is 1. The molecule has 7 nitrogen and oxygen atoms in total. The highest BCUT2D eigenvalue weighted by Crippen LogP contribution is 2.49. The van der Waals surface area contributed by atoms with Crippen LogP contribution in [0.1, 0.15) is 98.0 Å². The maximum atomic E-state index is 13.2. The fraction of sp³-hybridized carbons (Fsp3) is 0.419. The first kappa shape index (κ1) is 27.2. The topological polar surface area (TPSA) is 114 Å². The predicted octanol–water partition coefficient (Wildman–Crippen LogP) is 6.28. The fourth-order valence-corrected chi connectivity index (χ4v) is 6.49. The lowest BCUT2D eigenvalue weighted by atomic mass is 9.85. The van der Waals surface area contributed by atoms with E-state index in [-0.39, 0.29) is 44.6 Å². The number of carbonyl (C=O) groups excluding carboxylic acids is 1. The predicted molar refractivity (Wildman–Crippen MR) is 150 cm³/mol. The number of Topliss-reactive ketones (excluding diaryl/α,β-unsaturated/α-hetero) is 1. The normalized spacial score (nSPS) is 17.2. The number of carbonyl (C=O) groups is 1. The number of sulfonamides is 1. The van der Waals surface area contributed by atoms with Crippen LogP contribution in [0.5, 0.6) is 5.75 Å². The monoisotopic (exact) mass is 549 g/mol. The third-order valence-corrected chi connectivity index (χ3v) is 9.12. The number of aromatic hydroxyl groups is 1. The van der Waals surface area contributed by atoms with Gasteiger partial charge in [-0.25, -0.2) is 13.2 Å². The van der Waals surface area contributed by atoms with Gasteiger partial charge in [-0.3, -0.25) is 9.52 Å². The van der Waals surface area contributed by atoms with Crippen molar-refractivity contribution in [3.8, 4) is 5.75 Å². The maximum Gasteiger partial charge on any atom is 0.343 e. The second-order valence-electron chi connectivity index (χ2n) is 11.8. The zero-order chi connectivity index (χ0) is 27.9. The highest BCUT2D eigenvalue weighted by Gasteiger charge is 2.39. The van der Waals surface area contributed by atoms with Crippen molar-refractivity contribution >= 4 is 21.5 Å². The first-order chi connectivity index (χ1) is 18.5. The Balaban J connectivity index is 1.50. The van der Waals surface area contributed by atoms with Crippen LogP contribution in [0.25, 0.3) is 0 Å². The standard InChI is InChI=1S/C31H35NO6S/c1-31(2,3)21-14-16-23(17-15-21)39(36,37)32-22-9-7-8-20(18-22)26(19-12-13-19)28-29(34)27-24(33)10-5-4-6-11-25(27)38-30(28)35/h7-9,14-19,26,32,34H,4-6,10-13H2,1-3H3. The molecule has 1 saturated carbocycles. The SMILES string of the molecule is CC(C)(C)c1ccc(S(=O)(=O)Nc2cccc(C(c3c(O)c4c(oc3=O)CCCCCC4=O)C3CC3)c2)cc1. The molecule has 1 atom stereocenters. The van der Waals surface area contributed by atoms with Crippen LogP contribution in [0.2, 0.25) is 0 Å². The molecule has 206 valence electrons. The average molecular weight is 550 g/mol. The summed E-state index contributed by atoms with van der Waals surface area (Å²) in [6, 6.07) is 13.7. The van der Waals surface area contributed by atoms with E-state index in [0.717, 1.165) is 37.7 Å². The van der Waals surface area contributed by atoms with E-state index in [1.54, 1.807) is 30.3 Å². The van der Waals surface area contributed by atoms with Crippen LogP contribution in [0, 0.1) is 5.92 Å². The van der Waals surface area contributed by atoms with Gasteiger partial charge in [-0.05, 0) is 72.4 Å². The molecule has 3 aromatic rings. The van der Waals surface area contributed by atoms with Crippen molar-refractivity contribution in [3.63, 3.8) is 0 Å². The summed E-state index contributed by atoms with van der Waals surface area (Å²) in [5.41, 5.74) is 1.55. The Bertz CT molecular complexity index is 1560. The number of rotatable bonds is 6. The minimum absolute atomic E-state index is 0.0808. The van der Waals surface area contributed by atoms with Gasteiger partial charge in [0.2, 0.25) is 0 Å². The van der Waals surface area contributed by atoms with Crippen LogP contribution in [0.15, 0.2) is 62.6 Å². The van der Waals surface area contributed by atoms with Crippen LogP contribution in [-0.4, -0.2) is 19.3 Å². The summed E-state index contributed by atoms with van der Waals surface area (Å²) >= 11 is 0. The van der Waals surface area contributed by atoms with Crippen molar-refractivity contribution in [3.05, 3.63) is 87.0 Å². The second-order valence-corrected chi connectivity index (χ2v) is 13.4. The van der Waals surface area contributed by atoms with Crippen LogP contribution >= 0.6 is 0 Å². The van der Waals surface area contributed by atoms with E-state index in [0.29, 0.717) is 24.1 Å². The first-order valence-electron chi connectivity index (χ1n) is 13.6. The van der Waals surface area contributed by atoms with Crippen molar-refractivity contribution in [1.29, 1.82) is 0 Å². The molecule has 8 heteroatoms. The minimum Gasteiger partial charge on any atom is -0.506 e. The summed E-state index contributed by atoms with van der Waals surface area (Å²) in [6.45, 7) is 6.20. The van der Waals surface area contributed by atoms with Gasteiger partial charge in [-0.1, -0.05) is 51.5 Å². The molecule has 2 aliphatic rings. The summed E-state index contributed by atoms with van der Waals surface area (Å²) in [7, 11) is -3.85. The number of aryl methyl sites for hydroxylation is 1. The quantitative estimate of drug-likeness (QED) is 0.374. The molecule has 5 rings (SSSR count). The summed E-state index contributed by atoms with van der Waals surface area (Å²) in [4.78, 5) is 26.3. The van der Waals surface area contributed by atoms with Crippen molar-refractivity contribution in [2.75, 3.05) is 4.72 Å². The molecule has 39 heavy (non-hydrogen) atoms. The van der Waals surface area contributed by atoms with Crippen molar-refractivity contribution in [2.24, 2.45) is 5.92 Å². The van der Waals surface area contributed by atoms with Gasteiger partial charge in [-0.15, -0.1) is 0 Å². The van der Waals surface area contributed by atoms with Gasteiger partial charge in [0.1, 0.15) is 11.5 Å². The van der Waals surface area contributed by atoms with Gasteiger partial charge in [-0.2, -0.15) is 0 Å². The van der Waals surface area contributed by atoms with Crippen LogP contribution in [-0.2, 0) is 21.9 Å². The van der Waals surface area contributed by atoms with E-state index in [1.165, 1.54) is 0 Å². The number of hydrogen-bond donors (Lipinski definition) is 2. The van der Waals surface area contributed by atoms with Gasteiger partial charge >= 0.3 is 5.63 Å². The zero-order valence-electron chi connectivity index (χ0n) is 22.6. The van der Waals surface area contributed by atoms with Gasteiger partial charge in [0.15, 0.2) is 5.78 Å². The van der Waals surface area contributed by atoms with Gasteiger partial charge in [0.05, 0.1) is 16.0 Å². The molecule has 2 aromatic carbocycles. The Kier molecular flexibility index (Phi) is 7.18. The molecule has 2 aliphatic carbocycles. The lowest BCUT2D eigenvalue weighted by Gasteiger charge is -2.21. The van der Waals surface area contributed by atoms with E-state index in [4.69, 9.17) is 4.42 Å². The highest BCUT2D eigenvalue weighted by molar-refractivity contribution is 7.92. The number of benzene rings is 2. The van der Waals surface area contributed by atoms with Crippen molar-refractivity contribution in [2.45, 2.75) is 81.9 Å². The Morgan fingerprint density at radius 3 is 2.33 bits per heavy atom. The maximum absolute atomic E-state index is 13.2. The second kappa shape index (κ2) is 10.3. The molecule has 0 amide bonds. The molecule has 0 bridgehead atoms. The van der Waals surface area contributed by atoms with Crippen LogP contribution in [0.4, 0.5) is 5.69 Å².